The Morgan fingerprint density at radius 2 is 2.36 bits per heavy atom. The molecule has 1 aliphatic rings. The third kappa shape index (κ3) is 1.50. The van der Waals surface area contributed by atoms with Gasteiger partial charge in [-0.25, -0.2) is 4.39 Å². The molecule has 0 saturated carbocycles. The molecule has 1 atom stereocenters. The molecule has 0 bridgehead atoms. The number of carbonyl (C=O) groups is 1. The normalized spacial score (nSPS) is 20.2. The highest BCUT2D eigenvalue weighted by Crippen LogP contribution is 2.38. The van der Waals surface area contributed by atoms with Crippen molar-refractivity contribution in [3.05, 3.63) is 29.6 Å². The van der Waals surface area contributed by atoms with Gasteiger partial charge < -0.3 is 5.11 Å². The Morgan fingerprint density at radius 1 is 1.57 bits per heavy atom. The molecule has 74 valence electrons. The summed E-state index contributed by atoms with van der Waals surface area (Å²) in [6.07, 6.45) is 0.580. The molecule has 0 spiro atoms. The molecule has 0 radical (unpaired) electrons. The van der Waals surface area contributed by atoms with Crippen molar-refractivity contribution in [3.63, 3.8) is 0 Å². The summed E-state index contributed by atoms with van der Waals surface area (Å²) < 4.78 is 13.3. The molecule has 0 saturated heterocycles. The molecule has 0 amide bonds. The SMILES string of the molecule is O=C(O)C1CCSc2c(F)cccc21. The summed E-state index contributed by atoms with van der Waals surface area (Å²) in [5.74, 6) is -1.04. The first-order valence-electron chi connectivity index (χ1n) is 4.34. The second-order valence-electron chi connectivity index (χ2n) is 3.19. The number of hydrogen-bond donors (Lipinski definition) is 1. The maximum atomic E-state index is 13.3. The van der Waals surface area contributed by atoms with Gasteiger partial charge in [0.25, 0.3) is 0 Å². The van der Waals surface area contributed by atoms with Gasteiger partial charge in [0.05, 0.1) is 5.92 Å². The van der Waals surface area contributed by atoms with Crippen LogP contribution in [0.25, 0.3) is 0 Å². The molecule has 2 rings (SSSR count). The van der Waals surface area contributed by atoms with Crippen molar-refractivity contribution in [2.75, 3.05) is 5.75 Å². The number of benzene rings is 1. The van der Waals surface area contributed by atoms with Crippen molar-refractivity contribution in [3.8, 4) is 0 Å². The molecule has 4 heteroatoms. The van der Waals surface area contributed by atoms with Crippen LogP contribution >= 0.6 is 11.8 Å². The second kappa shape index (κ2) is 3.61. The Bertz CT molecular complexity index is 378. The Balaban J connectivity index is 2.49. The molecule has 0 aromatic heterocycles. The number of hydrogen-bond acceptors (Lipinski definition) is 2. The highest BCUT2D eigenvalue weighted by molar-refractivity contribution is 7.99. The predicted octanol–water partition coefficient (Wildman–Crippen LogP) is 2.49. The fourth-order valence-electron chi connectivity index (χ4n) is 1.64. The predicted molar refractivity (Wildman–Crippen MR) is 52.1 cm³/mol. The molecule has 1 aromatic rings. The first-order chi connectivity index (χ1) is 6.70. The van der Waals surface area contributed by atoms with Gasteiger partial charge in [0.1, 0.15) is 5.82 Å². The van der Waals surface area contributed by atoms with Crippen molar-refractivity contribution >= 4 is 17.7 Å². The maximum Gasteiger partial charge on any atom is 0.311 e. The first kappa shape index (κ1) is 9.52. The molecule has 1 N–H and O–H groups in total. The number of carboxylic acid groups (broad SMARTS) is 1. The Kier molecular flexibility index (Phi) is 2.46. The first-order valence-corrected chi connectivity index (χ1v) is 5.32. The van der Waals surface area contributed by atoms with Crippen LogP contribution in [-0.2, 0) is 4.79 Å². The van der Waals surface area contributed by atoms with E-state index in [0.717, 1.165) is 0 Å². The van der Waals surface area contributed by atoms with Crippen LogP contribution in [0.4, 0.5) is 4.39 Å². The monoisotopic (exact) mass is 212 g/mol. The summed E-state index contributed by atoms with van der Waals surface area (Å²) in [4.78, 5) is 11.4. The van der Waals surface area contributed by atoms with E-state index in [4.69, 9.17) is 5.11 Å². The van der Waals surface area contributed by atoms with Crippen LogP contribution in [0.1, 0.15) is 17.9 Å². The van der Waals surface area contributed by atoms with Crippen LogP contribution in [-0.4, -0.2) is 16.8 Å². The van der Waals surface area contributed by atoms with E-state index in [0.29, 0.717) is 22.6 Å². The summed E-state index contributed by atoms with van der Waals surface area (Å²) in [7, 11) is 0. The van der Waals surface area contributed by atoms with Gasteiger partial charge in [-0.2, -0.15) is 0 Å². The van der Waals surface area contributed by atoms with E-state index >= 15 is 0 Å². The number of halogens is 1. The van der Waals surface area contributed by atoms with Crippen molar-refractivity contribution in [1.29, 1.82) is 0 Å². The summed E-state index contributed by atoms with van der Waals surface area (Å²) in [6.45, 7) is 0. The largest absolute Gasteiger partial charge is 0.481 e. The minimum Gasteiger partial charge on any atom is -0.481 e. The summed E-state index contributed by atoms with van der Waals surface area (Å²) in [6, 6.07) is 4.63. The van der Waals surface area contributed by atoms with Crippen LogP contribution in [0, 0.1) is 5.82 Å². The summed E-state index contributed by atoms with van der Waals surface area (Å²) in [5.41, 5.74) is 0.619. The number of aliphatic carboxylic acids is 1. The van der Waals surface area contributed by atoms with Gasteiger partial charge in [0, 0.05) is 4.90 Å². The molecule has 1 aliphatic heterocycles. The lowest BCUT2D eigenvalue weighted by molar-refractivity contribution is -0.138. The lowest BCUT2D eigenvalue weighted by atomic mass is 9.96. The maximum absolute atomic E-state index is 13.3. The Labute approximate surface area is 85.1 Å². The summed E-state index contributed by atoms with van der Waals surface area (Å²) in [5, 5.41) is 8.94. The number of thioether (sulfide) groups is 1. The van der Waals surface area contributed by atoms with Gasteiger partial charge >= 0.3 is 5.97 Å². The van der Waals surface area contributed by atoms with Gasteiger partial charge in [-0.3, -0.25) is 4.79 Å². The smallest absolute Gasteiger partial charge is 0.311 e. The molecule has 14 heavy (non-hydrogen) atoms. The molecule has 0 fully saturated rings. The third-order valence-electron chi connectivity index (χ3n) is 2.32. The van der Waals surface area contributed by atoms with Crippen molar-refractivity contribution in [1.82, 2.24) is 0 Å². The molecule has 0 aliphatic carbocycles. The zero-order chi connectivity index (χ0) is 10.1. The fraction of sp³-hybridized carbons (Fsp3) is 0.300. The van der Waals surface area contributed by atoms with Crippen LogP contribution in [0.3, 0.4) is 0 Å². The Hall–Kier alpha value is -1.03. The lowest BCUT2D eigenvalue weighted by Crippen LogP contribution is -2.17. The van der Waals surface area contributed by atoms with Crippen molar-refractivity contribution in [2.24, 2.45) is 0 Å². The van der Waals surface area contributed by atoms with E-state index in [9.17, 15) is 9.18 Å². The molecule has 2 nitrogen and oxygen atoms in total. The van der Waals surface area contributed by atoms with E-state index in [2.05, 4.69) is 0 Å². The van der Waals surface area contributed by atoms with Crippen LogP contribution in [0.15, 0.2) is 23.1 Å². The standard InChI is InChI=1S/C10H9FO2S/c11-8-3-1-2-6-7(10(12)13)4-5-14-9(6)8/h1-3,7H,4-5H2,(H,12,13). The van der Waals surface area contributed by atoms with E-state index in [1.165, 1.54) is 17.8 Å². The van der Waals surface area contributed by atoms with Gasteiger partial charge in [0.2, 0.25) is 0 Å². The average Bonchev–Trinajstić information content (AvgIpc) is 2.17. The van der Waals surface area contributed by atoms with Crippen molar-refractivity contribution in [2.45, 2.75) is 17.2 Å². The molecule has 1 aromatic carbocycles. The average molecular weight is 212 g/mol. The third-order valence-corrected chi connectivity index (χ3v) is 3.48. The zero-order valence-corrected chi connectivity index (χ0v) is 8.18. The van der Waals surface area contributed by atoms with Crippen LogP contribution in [0.2, 0.25) is 0 Å². The number of fused-ring (bicyclic) bond motifs is 1. The second-order valence-corrected chi connectivity index (χ2v) is 4.29. The van der Waals surface area contributed by atoms with Gasteiger partial charge in [0.15, 0.2) is 0 Å². The van der Waals surface area contributed by atoms with Crippen LogP contribution < -0.4 is 0 Å². The molecule has 1 heterocycles. The van der Waals surface area contributed by atoms with E-state index in [-0.39, 0.29) is 5.82 Å². The number of carboxylic acids is 1. The minimum absolute atomic E-state index is 0.307. The molecule has 1 unspecified atom stereocenters. The van der Waals surface area contributed by atoms with Gasteiger partial charge in [-0.1, -0.05) is 12.1 Å². The van der Waals surface area contributed by atoms with Gasteiger partial charge in [-0.05, 0) is 23.8 Å². The lowest BCUT2D eigenvalue weighted by Gasteiger charge is -2.21. The zero-order valence-electron chi connectivity index (χ0n) is 7.37. The number of rotatable bonds is 1. The van der Waals surface area contributed by atoms with E-state index in [1.807, 2.05) is 0 Å². The summed E-state index contributed by atoms with van der Waals surface area (Å²) >= 11 is 1.40. The topological polar surface area (TPSA) is 37.3 Å². The minimum atomic E-state index is -0.864. The highest BCUT2D eigenvalue weighted by atomic mass is 32.2. The van der Waals surface area contributed by atoms with Crippen molar-refractivity contribution < 1.29 is 14.3 Å². The Morgan fingerprint density at radius 3 is 3.07 bits per heavy atom. The quantitative estimate of drug-likeness (QED) is 0.777. The fourth-order valence-corrected chi connectivity index (χ4v) is 2.78. The van der Waals surface area contributed by atoms with Gasteiger partial charge in [-0.15, -0.1) is 11.8 Å². The van der Waals surface area contributed by atoms with Crippen LogP contribution in [0.5, 0.6) is 0 Å². The van der Waals surface area contributed by atoms with E-state index in [1.54, 1.807) is 12.1 Å². The molecular formula is C10H9FO2S. The highest BCUT2D eigenvalue weighted by Gasteiger charge is 2.27. The molecular weight excluding hydrogens is 203 g/mol. The van der Waals surface area contributed by atoms with E-state index < -0.39 is 11.9 Å².